The van der Waals surface area contributed by atoms with Crippen molar-refractivity contribution in [1.29, 1.82) is 0 Å². The monoisotopic (exact) mass is 220 g/mol. The predicted molar refractivity (Wildman–Crippen MR) is 58.2 cm³/mol. The highest BCUT2D eigenvalue weighted by Gasteiger charge is 2.27. The van der Waals surface area contributed by atoms with Crippen LogP contribution in [0, 0.1) is 5.92 Å². The lowest BCUT2D eigenvalue weighted by Gasteiger charge is -2.26. The number of carbonyl (C=O) groups is 1. The van der Waals surface area contributed by atoms with Crippen molar-refractivity contribution >= 4 is 5.78 Å². The van der Waals surface area contributed by atoms with E-state index >= 15 is 0 Å². The Kier molecular flexibility index (Phi) is 2.47. The minimum Gasteiger partial charge on any atom is -0.312 e. The molecule has 1 aromatic rings. The van der Waals surface area contributed by atoms with Gasteiger partial charge in [-0.2, -0.15) is 0 Å². The van der Waals surface area contributed by atoms with E-state index in [2.05, 4.69) is 15.6 Å². The molecular formula is C11H16N4O. The van der Waals surface area contributed by atoms with Crippen LogP contribution in [0.2, 0.25) is 0 Å². The molecule has 16 heavy (non-hydrogen) atoms. The zero-order chi connectivity index (χ0) is 11.0. The van der Waals surface area contributed by atoms with E-state index < -0.39 is 0 Å². The van der Waals surface area contributed by atoms with Crippen molar-refractivity contribution in [2.75, 3.05) is 13.1 Å². The number of ketones is 1. The van der Waals surface area contributed by atoms with E-state index in [1.807, 2.05) is 10.9 Å². The van der Waals surface area contributed by atoms with Gasteiger partial charge in [-0.1, -0.05) is 18.1 Å². The number of rotatable bonds is 3. The summed E-state index contributed by atoms with van der Waals surface area (Å²) in [5, 5.41) is 11.2. The van der Waals surface area contributed by atoms with Crippen molar-refractivity contribution in [3.63, 3.8) is 0 Å². The third-order valence-electron chi connectivity index (χ3n) is 3.62. The molecular weight excluding hydrogens is 204 g/mol. The zero-order valence-corrected chi connectivity index (χ0v) is 9.22. The number of hydrogen-bond acceptors (Lipinski definition) is 4. The van der Waals surface area contributed by atoms with Gasteiger partial charge >= 0.3 is 0 Å². The fraction of sp³-hybridized carbons (Fsp3) is 0.727. The minimum atomic E-state index is 0.191. The molecule has 0 radical (unpaired) electrons. The Morgan fingerprint density at radius 2 is 2.12 bits per heavy atom. The topological polar surface area (TPSA) is 59.8 Å². The SMILES string of the molecule is O=C(c1cn(C2CNC2)nn1)C1CCCC1. The molecule has 0 atom stereocenters. The van der Waals surface area contributed by atoms with Gasteiger partial charge in [0.25, 0.3) is 0 Å². The summed E-state index contributed by atoms with van der Waals surface area (Å²) in [5.74, 6) is 0.390. The molecule has 2 aliphatic rings. The average Bonchev–Trinajstić information content (AvgIpc) is 2.84. The highest BCUT2D eigenvalue weighted by Crippen LogP contribution is 2.27. The van der Waals surface area contributed by atoms with Crippen molar-refractivity contribution in [3.05, 3.63) is 11.9 Å². The van der Waals surface area contributed by atoms with Gasteiger partial charge in [0.15, 0.2) is 5.78 Å². The Balaban J connectivity index is 1.73. The van der Waals surface area contributed by atoms with E-state index in [-0.39, 0.29) is 11.7 Å². The summed E-state index contributed by atoms with van der Waals surface area (Å²) >= 11 is 0. The third-order valence-corrected chi connectivity index (χ3v) is 3.62. The average molecular weight is 220 g/mol. The summed E-state index contributed by atoms with van der Waals surface area (Å²) in [6.45, 7) is 1.86. The summed E-state index contributed by atoms with van der Waals surface area (Å²) < 4.78 is 1.82. The van der Waals surface area contributed by atoms with Gasteiger partial charge in [0, 0.05) is 19.0 Å². The molecule has 0 amide bonds. The Morgan fingerprint density at radius 1 is 1.38 bits per heavy atom. The first-order valence-electron chi connectivity index (χ1n) is 6.01. The number of aromatic nitrogens is 3. The van der Waals surface area contributed by atoms with E-state index in [0.29, 0.717) is 11.7 Å². The van der Waals surface area contributed by atoms with Crippen LogP contribution in [0.4, 0.5) is 0 Å². The second kappa shape index (κ2) is 3.97. The molecule has 0 spiro atoms. The van der Waals surface area contributed by atoms with E-state index in [4.69, 9.17) is 0 Å². The quantitative estimate of drug-likeness (QED) is 0.765. The molecule has 1 aliphatic carbocycles. The second-order valence-electron chi connectivity index (χ2n) is 4.74. The Labute approximate surface area is 94.2 Å². The number of Topliss-reactive ketones (excluding diaryl/α,β-unsaturated/α-hetero) is 1. The lowest BCUT2D eigenvalue weighted by Crippen LogP contribution is -2.43. The molecule has 0 unspecified atom stereocenters. The van der Waals surface area contributed by atoms with Crippen LogP contribution in [0.15, 0.2) is 6.20 Å². The molecule has 1 saturated carbocycles. The van der Waals surface area contributed by atoms with Crippen molar-refractivity contribution in [2.24, 2.45) is 5.92 Å². The molecule has 3 rings (SSSR count). The second-order valence-corrected chi connectivity index (χ2v) is 4.74. The highest BCUT2D eigenvalue weighted by atomic mass is 16.1. The Bertz CT molecular complexity index is 390. The smallest absolute Gasteiger partial charge is 0.187 e. The first-order chi connectivity index (χ1) is 7.84. The van der Waals surface area contributed by atoms with E-state index in [1.54, 1.807) is 0 Å². The summed E-state index contributed by atoms with van der Waals surface area (Å²) in [4.78, 5) is 12.1. The molecule has 5 heteroatoms. The lowest BCUT2D eigenvalue weighted by atomic mass is 10.0. The fourth-order valence-electron chi connectivity index (χ4n) is 2.43. The van der Waals surface area contributed by atoms with Gasteiger partial charge in [-0.05, 0) is 12.8 Å². The number of nitrogens with zero attached hydrogens (tertiary/aromatic N) is 3. The molecule has 0 bridgehead atoms. The predicted octanol–water partition coefficient (Wildman–Crippen LogP) is 0.795. The van der Waals surface area contributed by atoms with Crippen molar-refractivity contribution in [3.8, 4) is 0 Å². The maximum absolute atomic E-state index is 12.1. The largest absolute Gasteiger partial charge is 0.312 e. The molecule has 2 fully saturated rings. The van der Waals surface area contributed by atoms with Crippen molar-refractivity contribution in [2.45, 2.75) is 31.7 Å². The first-order valence-corrected chi connectivity index (χ1v) is 6.01. The Hall–Kier alpha value is -1.23. The van der Waals surface area contributed by atoms with Gasteiger partial charge in [0.05, 0.1) is 12.2 Å². The van der Waals surface area contributed by atoms with Crippen LogP contribution in [0.3, 0.4) is 0 Å². The summed E-state index contributed by atoms with van der Waals surface area (Å²) in [6.07, 6.45) is 6.22. The van der Waals surface area contributed by atoms with Crippen LogP contribution >= 0.6 is 0 Å². The molecule has 1 saturated heterocycles. The molecule has 1 aromatic heterocycles. The number of nitrogens with one attached hydrogen (secondary N) is 1. The number of carbonyl (C=O) groups excluding carboxylic acids is 1. The lowest BCUT2D eigenvalue weighted by molar-refractivity contribution is 0.0917. The third kappa shape index (κ3) is 1.65. The number of hydrogen-bond donors (Lipinski definition) is 1. The summed E-state index contributed by atoms with van der Waals surface area (Å²) in [5.41, 5.74) is 0.554. The maximum atomic E-state index is 12.1. The zero-order valence-electron chi connectivity index (χ0n) is 9.22. The van der Waals surface area contributed by atoms with E-state index in [9.17, 15) is 4.79 Å². The van der Waals surface area contributed by atoms with Gasteiger partial charge in [-0.15, -0.1) is 5.10 Å². The van der Waals surface area contributed by atoms with Gasteiger partial charge in [-0.25, -0.2) is 4.68 Å². The van der Waals surface area contributed by atoms with Gasteiger partial charge in [0.1, 0.15) is 5.69 Å². The standard InChI is InChI=1S/C11H16N4O/c16-11(8-3-1-2-4-8)10-7-15(14-13-10)9-5-12-6-9/h7-9,12H,1-6H2. The van der Waals surface area contributed by atoms with E-state index in [1.165, 1.54) is 12.8 Å². The van der Waals surface area contributed by atoms with Crippen LogP contribution < -0.4 is 5.32 Å². The van der Waals surface area contributed by atoms with Gasteiger partial charge in [0.2, 0.25) is 0 Å². The maximum Gasteiger partial charge on any atom is 0.187 e. The minimum absolute atomic E-state index is 0.191. The van der Waals surface area contributed by atoms with Crippen molar-refractivity contribution < 1.29 is 4.79 Å². The van der Waals surface area contributed by atoms with Gasteiger partial charge < -0.3 is 5.32 Å². The molecule has 0 aromatic carbocycles. The Morgan fingerprint density at radius 3 is 2.75 bits per heavy atom. The fourth-order valence-corrected chi connectivity index (χ4v) is 2.43. The molecule has 1 N–H and O–H groups in total. The molecule has 86 valence electrons. The highest BCUT2D eigenvalue weighted by molar-refractivity contribution is 5.95. The van der Waals surface area contributed by atoms with Crippen LogP contribution in [-0.4, -0.2) is 33.9 Å². The normalized spacial score (nSPS) is 22.2. The van der Waals surface area contributed by atoms with Crippen LogP contribution in [0.1, 0.15) is 42.2 Å². The van der Waals surface area contributed by atoms with Crippen molar-refractivity contribution in [1.82, 2.24) is 20.3 Å². The summed E-state index contributed by atoms with van der Waals surface area (Å²) in [6, 6.07) is 0.387. The first kappa shape index (κ1) is 9.96. The van der Waals surface area contributed by atoms with Gasteiger partial charge in [-0.3, -0.25) is 4.79 Å². The van der Waals surface area contributed by atoms with E-state index in [0.717, 1.165) is 25.9 Å². The molecule has 5 nitrogen and oxygen atoms in total. The van der Waals surface area contributed by atoms with Crippen LogP contribution in [0.5, 0.6) is 0 Å². The molecule has 2 heterocycles. The van der Waals surface area contributed by atoms with Crippen LogP contribution in [-0.2, 0) is 0 Å². The van der Waals surface area contributed by atoms with Crippen LogP contribution in [0.25, 0.3) is 0 Å². The summed E-state index contributed by atoms with van der Waals surface area (Å²) in [7, 11) is 0. The molecule has 1 aliphatic heterocycles.